The van der Waals surface area contributed by atoms with E-state index in [1.807, 2.05) is 0 Å². The molecule has 0 saturated carbocycles. The molecule has 1 aliphatic rings. The average Bonchev–Trinajstić information content (AvgIpc) is 3.63. The third-order valence-electron chi connectivity index (χ3n) is 15.4. The maximum Gasteiger partial charge on any atom is 0.0159 e. The van der Waals surface area contributed by atoms with E-state index in [2.05, 4.69) is 257 Å². The summed E-state index contributed by atoms with van der Waals surface area (Å²) in [5.41, 5.74) is 17.8. The quantitative estimate of drug-likeness (QED) is 0.151. The van der Waals surface area contributed by atoms with E-state index in [0.29, 0.717) is 0 Å². The van der Waals surface area contributed by atoms with Gasteiger partial charge in [0.2, 0.25) is 0 Å². The fourth-order valence-electron chi connectivity index (χ4n) is 12.1. The number of hydrogen-bond donors (Lipinski definition) is 0. The average molecular weight is 875 g/mol. The van der Waals surface area contributed by atoms with Crippen molar-refractivity contribution >= 4 is 64.6 Å². The molecule has 0 aromatic heterocycles. The van der Waals surface area contributed by atoms with Crippen LogP contribution < -0.4 is 0 Å². The molecule has 0 unspecified atom stereocenters. The van der Waals surface area contributed by atoms with E-state index in [1.54, 1.807) is 0 Å². The van der Waals surface area contributed by atoms with Crippen LogP contribution in [0.4, 0.5) is 0 Å². The highest BCUT2D eigenvalue weighted by atomic mass is 14.4. The molecule has 0 N–H and O–H groups in total. The third kappa shape index (κ3) is 6.09. The minimum atomic E-state index is -0.197. The van der Waals surface area contributed by atoms with Crippen LogP contribution in [0, 0.1) is 0 Å². The first-order valence-corrected chi connectivity index (χ1v) is 24.2. The molecule has 0 spiro atoms. The normalized spacial score (nSPS) is 12.9. The largest absolute Gasteiger partial charge is 0.0616 e. The zero-order valence-corrected chi connectivity index (χ0v) is 38.6. The molecule has 13 aromatic carbocycles. The lowest BCUT2D eigenvalue weighted by molar-refractivity contribution is 0.661. The molecule has 13 aromatic rings. The van der Waals surface area contributed by atoms with Crippen LogP contribution >= 0.6 is 0 Å². The summed E-state index contributed by atoms with van der Waals surface area (Å²) in [7, 11) is 0. The second kappa shape index (κ2) is 15.2. The van der Waals surface area contributed by atoms with Gasteiger partial charge in [0.1, 0.15) is 0 Å². The van der Waals surface area contributed by atoms with Gasteiger partial charge < -0.3 is 0 Å². The first kappa shape index (κ1) is 39.6. The summed E-state index contributed by atoms with van der Waals surface area (Å²) < 4.78 is 0. The molecule has 0 heterocycles. The molecule has 14 rings (SSSR count). The Kier molecular flexibility index (Phi) is 8.73. The van der Waals surface area contributed by atoms with Crippen molar-refractivity contribution < 1.29 is 0 Å². The predicted molar refractivity (Wildman–Crippen MR) is 296 cm³/mol. The molecule has 0 nitrogen and oxygen atoms in total. The molecule has 0 heteroatoms. The van der Waals surface area contributed by atoms with Crippen molar-refractivity contribution in [2.45, 2.75) is 19.3 Å². The molecule has 0 aliphatic heterocycles. The highest BCUT2D eigenvalue weighted by Crippen LogP contribution is 2.53. The smallest absolute Gasteiger partial charge is 0.0159 e. The minimum absolute atomic E-state index is 0.197. The Bertz CT molecular complexity index is 4150. The molecular formula is C69H46. The van der Waals surface area contributed by atoms with E-state index >= 15 is 0 Å². The van der Waals surface area contributed by atoms with Crippen LogP contribution in [0.1, 0.15) is 25.0 Å². The van der Waals surface area contributed by atoms with Crippen LogP contribution in [0.25, 0.3) is 131 Å². The standard InChI is InChI=1S/C69H46/c1-69(2)63-41-49(45-27-31-46(32-28-45)65-55-19-7-9-21-57(55)66(58-22-10-8-20-56(58)65)50-33-29-43-15-3-5-17-47(43)39-50)35-37-53(63)54-38-36-52(42-64(54)69)68-61-25-13-11-23-59(61)67(60-24-12-14-26-62(60)68)51-34-30-44-16-4-6-18-48(44)40-51/h3-42H,1-2H3. The highest BCUT2D eigenvalue weighted by molar-refractivity contribution is 6.23. The van der Waals surface area contributed by atoms with Crippen molar-refractivity contribution in [2.75, 3.05) is 0 Å². The molecule has 0 fully saturated rings. The van der Waals surface area contributed by atoms with Gasteiger partial charge in [0.25, 0.3) is 0 Å². The summed E-state index contributed by atoms with van der Waals surface area (Å²) >= 11 is 0. The summed E-state index contributed by atoms with van der Waals surface area (Å²) in [6.07, 6.45) is 0. The van der Waals surface area contributed by atoms with Crippen LogP contribution in [-0.4, -0.2) is 0 Å². The van der Waals surface area contributed by atoms with Gasteiger partial charge in [-0.3, -0.25) is 0 Å². The monoisotopic (exact) mass is 874 g/mol. The maximum atomic E-state index is 2.49. The Morgan fingerprint density at radius 2 is 0.493 bits per heavy atom. The first-order valence-electron chi connectivity index (χ1n) is 24.2. The number of benzene rings is 13. The molecule has 69 heavy (non-hydrogen) atoms. The van der Waals surface area contributed by atoms with Gasteiger partial charge in [0.05, 0.1) is 0 Å². The lowest BCUT2D eigenvalue weighted by Gasteiger charge is -2.23. The van der Waals surface area contributed by atoms with Crippen molar-refractivity contribution in [1.29, 1.82) is 0 Å². The second-order valence-corrected chi connectivity index (χ2v) is 19.5. The first-order chi connectivity index (χ1) is 34.0. The van der Waals surface area contributed by atoms with Crippen molar-refractivity contribution in [2.24, 2.45) is 0 Å². The lowest BCUT2D eigenvalue weighted by atomic mass is 9.80. The number of fused-ring (bicyclic) bond motifs is 9. The molecule has 1 aliphatic carbocycles. The zero-order valence-electron chi connectivity index (χ0n) is 38.6. The summed E-state index contributed by atoms with van der Waals surface area (Å²) in [4.78, 5) is 0. The fourth-order valence-corrected chi connectivity index (χ4v) is 12.1. The van der Waals surface area contributed by atoms with Crippen LogP contribution in [0.15, 0.2) is 243 Å². The summed E-state index contributed by atoms with van der Waals surface area (Å²) in [5, 5.41) is 15.2. The van der Waals surface area contributed by atoms with Crippen LogP contribution in [0.2, 0.25) is 0 Å². The van der Waals surface area contributed by atoms with Gasteiger partial charge in [-0.05, 0) is 167 Å². The molecular weight excluding hydrogens is 829 g/mol. The van der Waals surface area contributed by atoms with Gasteiger partial charge >= 0.3 is 0 Å². The zero-order chi connectivity index (χ0) is 45.8. The number of hydrogen-bond acceptors (Lipinski definition) is 0. The van der Waals surface area contributed by atoms with E-state index in [4.69, 9.17) is 0 Å². The SMILES string of the molecule is CC1(C)c2cc(-c3ccc(-c4c5ccccc5c(-c5ccc6ccccc6c5)c5ccccc45)cc3)ccc2-c2ccc(-c3c4ccccc4c(-c4ccc5ccccc5c4)c4ccccc34)cc21. The van der Waals surface area contributed by atoms with E-state index in [-0.39, 0.29) is 5.41 Å². The van der Waals surface area contributed by atoms with E-state index in [0.717, 1.165) is 0 Å². The predicted octanol–water partition coefficient (Wildman–Crippen LogP) is 19.2. The highest BCUT2D eigenvalue weighted by Gasteiger charge is 2.36. The Hall–Kier alpha value is -8.58. The molecule has 322 valence electrons. The molecule has 0 radical (unpaired) electrons. The molecule has 0 atom stereocenters. The van der Waals surface area contributed by atoms with Crippen LogP contribution in [0.5, 0.6) is 0 Å². The summed E-state index contributed by atoms with van der Waals surface area (Å²) in [6.45, 7) is 4.82. The Morgan fingerprint density at radius 3 is 0.899 bits per heavy atom. The topological polar surface area (TPSA) is 0 Å². The van der Waals surface area contributed by atoms with Gasteiger partial charge in [0, 0.05) is 5.41 Å². The van der Waals surface area contributed by atoms with Gasteiger partial charge in [-0.1, -0.05) is 232 Å². The van der Waals surface area contributed by atoms with E-state index < -0.39 is 0 Å². The molecule has 0 amide bonds. The van der Waals surface area contributed by atoms with Crippen LogP contribution in [-0.2, 0) is 5.41 Å². The van der Waals surface area contributed by atoms with Crippen molar-refractivity contribution in [3.8, 4) is 66.8 Å². The summed E-state index contributed by atoms with van der Waals surface area (Å²) in [5.74, 6) is 0. The Morgan fingerprint density at radius 1 is 0.217 bits per heavy atom. The van der Waals surface area contributed by atoms with Crippen molar-refractivity contribution in [3.63, 3.8) is 0 Å². The van der Waals surface area contributed by atoms with Crippen molar-refractivity contribution in [3.05, 3.63) is 254 Å². The van der Waals surface area contributed by atoms with Gasteiger partial charge in [0.15, 0.2) is 0 Å². The molecule has 0 bridgehead atoms. The van der Waals surface area contributed by atoms with E-state index in [1.165, 1.54) is 143 Å². The van der Waals surface area contributed by atoms with Crippen LogP contribution in [0.3, 0.4) is 0 Å². The summed E-state index contributed by atoms with van der Waals surface area (Å²) in [6, 6.07) is 90.7. The fraction of sp³-hybridized carbons (Fsp3) is 0.0435. The Labute approximate surface area is 402 Å². The van der Waals surface area contributed by atoms with Crippen molar-refractivity contribution in [1.82, 2.24) is 0 Å². The number of rotatable bonds is 5. The van der Waals surface area contributed by atoms with Gasteiger partial charge in [-0.15, -0.1) is 0 Å². The molecule has 0 saturated heterocycles. The van der Waals surface area contributed by atoms with Gasteiger partial charge in [-0.25, -0.2) is 0 Å². The van der Waals surface area contributed by atoms with E-state index in [9.17, 15) is 0 Å². The maximum absolute atomic E-state index is 2.49. The minimum Gasteiger partial charge on any atom is -0.0616 e. The lowest BCUT2D eigenvalue weighted by Crippen LogP contribution is -2.15. The Balaban J connectivity index is 0.846. The van der Waals surface area contributed by atoms with Gasteiger partial charge in [-0.2, -0.15) is 0 Å². The second-order valence-electron chi connectivity index (χ2n) is 19.5. The third-order valence-corrected chi connectivity index (χ3v) is 15.4.